The zero-order chi connectivity index (χ0) is 10.7. The summed E-state index contributed by atoms with van der Waals surface area (Å²) in [5, 5.41) is 0. The summed E-state index contributed by atoms with van der Waals surface area (Å²) >= 11 is 0. The number of hydrogen-bond donors (Lipinski definition) is 0. The summed E-state index contributed by atoms with van der Waals surface area (Å²) in [5.74, 6) is 0.935. The van der Waals surface area contributed by atoms with E-state index in [2.05, 4.69) is 18.0 Å². The maximum atomic E-state index is 5.93. The van der Waals surface area contributed by atoms with Gasteiger partial charge >= 0.3 is 0 Å². The van der Waals surface area contributed by atoms with Crippen LogP contribution in [0.4, 0.5) is 0 Å². The molecule has 0 radical (unpaired) electrons. The number of aryl methyl sites for hydroxylation is 2. The molecule has 0 unspecified atom stereocenters. The molecule has 0 saturated heterocycles. The molecule has 2 nitrogen and oxygen atoms in total. The van der Waals surface area contributed by atoms with E-state index in [1.165, 1.54) is 37.7 Å². The molecular formula is C13H19NO. The second kappa shape index (κ2) is 4.65. The number of pyridine rings is 1. The Morgan fingerprint density at radius 3 is 2.60 bits per heavy atom. The van der Waals surface area contributed by atoms with Gasteiger partial charge in [0.25, 0.3) is 0 Å². The van der Waals surface area contributed by atoms with Gasteiger partial charge in [0, 0.05) is 5.69 Å². The lowest BCUT2D eigenvalue weighted by molar-refractivity contribution is 0.154. The summed E-state index contributed by atoms with van der Waals surface area (Å²) in [6.07, 6.45) is 8.65. The number of rotatable bonds is 2. The average molecular weight is 205 g/mol. The maximum absolute atomic E-state index is 5.93. The van der Waals surface area contributed by atoms with E-state index in [9.17, 15) is 0 Å². The molecule has 82 valence electrons. The SMILES string of the molecule is Cc1cc(OC2CCCCC2)cnc1C. The van der Waals surface area contributed by atoms with Crippen molar-refractivity contribution in [3.8, 4) is 5.75 Å². The Kier molecular flexibility index (Phi) is 3.24. The average Bonchev–Trinajstić information content (AvgIpc) is 2.25. The molecule has 0 bridgehead atoms. The Morgan fingerprint density at radius 2 is 1.93 bits per heavy atom. The van der Waals surface area contributed by atoms with Crippen molar-refractivity contribution in [1.82, 2.24) is 4.98 Å². The molecule has 1 heterocycles. The van der Waals surface area contributed by atoms with Gasteiger partial charge in [0.05, 0.1) is 12.3 Å². The highest BCUT2D eigenvalue weighted by atomic mass is 16.5. The van der Waals surface area contributed by atoms with Crippen LogP contribution in [0, 0.1) is 13.8 Å². The van der Waals surface area contributed by atoms with Crippen molar-refractivity contribution in [2.45, 2.75) is 52.1 Å². The van der Waals surface area contributed by atoms with Gasteiger partial charge in [-0.25, -0.2) is 0 Å². The molecule has 1 saturated carbocycles. The van der Waals surface area contributed by atoms with E-state index in [1.807, 2.05) is 13.1 Å². The monoisotopic (exact) mass is 205 g/mol. The van der Waals surface area contributed by atoms with Crippen LogP contribution in [0.25, 0.3) is 0 Å². The van der Waals surface area contributed by atoms with Gasteiger partial charge in [-0.1, -0.05) is 6.42 Å². The molecular weight excluding hydrogens is 186 g/mol. The van der Waals surface area contributed by atoms with Crippen LogP contribution >= 0.6 is 0 Å². The van der Waals surface area contributed by atoms with Gasteiger partial charge in [-0.15, -0.1) is 0 Å². The zero-order valence-corrected chi connectivity index (χ0v) is 9.62. The van der Waals surface area contributed by atoms with Gasteiger partial charge in [0.1, 0.15) is 5.75 Å². The fourth-order valence-corrected chi connectivity index (χ4v) is 2.06. The molecule has 0 amide bonds. The molecule has 2 rings (SSSR count). The van der Waals surface area contributed by atoms with Crippen molar-refractivity contribution < 1.29 is 4.74 Å². The quantitative estimate of drug-likeness (QED) is 0.738. The summed E-state index contributed by atoms with van der Waals surface area (Å²) in [4.78, 5) is 4.32. The van der Waals surface area contributed by atoms with Crippen molar-refractivity contribution >= 4 is 0 Å². The first kappa shape index (κ1) is 10.5. The minimum Gasteiger partial charge on any atom is -0.489 e. The summed E-state index contributed by atoms with van der Waals surface area (Å²) < 4.78 is 5.93. The second-order valence-corrected chi connectivity index (χ2v) is 4.45. The van der Waals surface area contributed by atoms with E-state index >= 15 is 0 Å². The van der Waals surface area contributed by atoms with E-state index in [0.717, 1.165) is 11.4 Å². The van der Waals surface area contributed by atoms with Crippen LogP contribution in [0.1, 0.15) is 43.4 Å². The lowest BCUT2D eigenvalue weighted by Gasteiger charge is -2.23. The van der Waals surface area contributed by atoms with Gasteiger partial charge in [0.15, 0.2) is 0 Å². The van der Waals surface area contributed by atoms with Gasteiger partial charge in [0.2, 0.25) is 0 Å². The van der Waals surface area contributed by atoms with Crippen molar-refractivity contribution in [2.24, 2.45) is 0 Å². The molecule has 0 atom stereocenters. The van der Waals surface area contributed by atoms with E-state index in [1.54, 1.807) is 0 Å². The smallest absolute Gasteiger partial charge is 0.138 e. The Morgan fingerprint density at radius 1 is 1.20 bits per heavy atom. The summed E-state index contributed by atoms with van der Waals surface area (Å²) in [6.45, 7) is 4.11. The van der Waals surface area contributed by atoms with Gasteiger partial charge in [-0.3, -0.25) is 4.98 Å². The van der Waals surface area contributed by atoms with Crippen LogP contribution in [0.2, 0.25) is 0 Å². The van der Waals surface area contributed by atoms with E-state index < -0.39 is 0 Å². The van der Waals surface area contributed by atoms with Gasteiger partial charge in [-0.2, -0.15) is 0 Å². The topological polar surface area (TPSA) is 22.1 Å². The summed E-state index contributed by atoms with van der Waals surface area (Å²) in [6, 6.07) is 2.09. The third kappa shape index (κ3) is 2.71. The van der Waals surface area contributed by atoms with Crippen LogP contribution in [-0.4, -0.2) is 11.1 Å². The predicted molar refractivity (Wildman–Crippen MR) is 61.2 cm³/mol. The molecule has 1 aromatic rings. The molecule has 0 spiro atoms. The minimum absolute atomic E-state index is 0.419. The van der Waals surface area contributed by atoms with Crippen LogP contribution in [0.3, 0.4) is 0 Å². The van der Waals surface area contributed by atoms with Crippen LogP contribution in [0.15, 0.2) is 12.3 Å². The van der Waals surface area contributed by atoms with Crippen LogP contribution in [-0.2, 0) is 0 Å². The molecule has 1 fully saturated rings. The molecule has 0 aliphatic heterocycles. The first-order valence-corrected chi connectivity index (χ1v) is 5.85. The fourth-order valence-electron chi connectivity index (χ4n) is 2.06. The fraction of sp³-hybridized carbons (Fsp3) is 0.615. The first-order valence-electron chi connectivity index (χ1n) is 5.85. The lowest BCUT2D eigenvalue weighted by atomic mass is 9.98. The number of aromatic nitrogens is 1. The lowest BCUT2D eigenvalue weighted by Crippen LogP contribution is -2.19. The number of nitrogens with zero attached hydrogens (tertiary/aromatic N) is 1. The number of hydrogen-bond acceptors (Lipinski definition) is 2. The second-order valence-electron chi connectivity index (χ2n) is 4.45. The predicted octanol–water partition coefficient (Wildman–Crippen LogP) is 3.41. The third-order valence-electron chi connectivity index (χ3n) is 3.17. The molecule has 2 heteroatoms. The highest BCUT2D eigenvalue weighted by Gasteiger charge is 2.14. The van der Waals surface area contributed by atoms with Gasteiger partial charge < -0.3 is 4.74 Å². The number of ether oxygens (including phenoxy) is 1. The highest BCUT2D eigenvalue weighted by Crippen LogP contribution is 2.23. The molecule has 0 aromatic carbocycles. The van der Waals surface area contributed by atoms with Crippen molar-refractivity contribution in [3.63, 3.8) is 0 Å². The van der Waals surface area contributed by atoms with Crippen LogP contribution in [0.5, 0.6) is 5.75 Å². The normalized spacial score (nSPS) is 17.7. The summed E-state index contributed by atoms with van der Waals surface area (Å²) in [5.41, 5.74) is 2.30. The Labute approximate surface area is 91.7 Å². The van der Waals surface area contributed by atoms with E-state index in [-0.39, 0.29) is 0 Å². The molecule has 15 heavy (non-hydrogen) atoms. The molecule has 1 aliphatic rings. The highest BCUT2D eigenvalue weighted by molar-refractivity contribution is 5.27. The Hall–Kier alpha value is -1.05. The maximum Gasteiger partial charge on any atom is 0.138 e. The standard InChI is InChI=1S/C13H19NO/c1-10-8-13(9-14-11(10)2)15-12-6-4-3-5-7-12/h8-9,12H,3-7H2,1-2H3. The Balaban J connectivity index is 2.00. The van der Waals surface area contributed by atoms with Crippen molar-refractivity contribution in [3.05, 3.63) is 23.5 Å². The zero-order valence-electron chi connectivity index (χ0n) is 9.62. The molecule has 0 N–H and O–H groups in total. The van der Waals surface area contributed by atoms with Crippen molar-refractivity contribution in [2.75, 3.05) is 0 Å². The molecule has 1 aliphatic carbocycles. The minimum atomic E-state index is 0.419. The van der Waals surface area contributed by atoms with E-state index in [4.69, 9.17) is 4.74 Å². The van der Waals surface area contributed by atoms with E-state index in [0.29, 0.717) is 6.10 Å². The largest absolute Gasteiger partial charge is 0.489 e. The van der Waals surface area contributed by atoms with Gasteiger partial charge in [-0.05, 0) is 51.2 Å². The first-order chi connectivity index (χ1) is 7.25. The molecule has 1 aromatic heterocycles. The Bertz CT molecular complexity index is 329. The third-order valence-corrected chi connectivity index (χ3v) is 3.17. The van der Waals surface area contributed by atoms with Crippen LogP contribution < -0.4 is 4.74 Å². The summed E-state index contributed by atoms with van der Waals surface area (Å²) in [7, 11) is 0. The van der Waals surface area contributed by atoms with Crippen molar-refractivity contribution in [1.29, 1.82) is 0 Å².